The highest BCUT2D eigenvalue weighted by Crippen LogP contribution is 2.44. The molecular formula is C16H23ClO2. The highest BCUT2D eigenvalue weighted by molar-refractivity contribution is 6.19. The fourth-order valence-corrected chi connectivity index (χ4v) is 3.00. The number of rotatable bonds is 3. The average molecular weight is 283 g/mol. The highest BCUT2D eigenvalue weighted by atomic mass is 35.5. The SMILES string of the molecule is CC(=O)OC(C#CCCl)CC1(C)C=CCC(C)(C)C1. The van der Waals surface area contributed by atoms with Gasteiger partial charge >= 0.3 is 5.97 Å². The van der Waals surface area contributed by atoms with Crippen LogP contribution < -0.4 is 0 Å². The lowest BCUT2D eigenvalue weighted by molar-refractivity contribution is -0.144. The van der Waals surface area contributed by atoms with Crippen LogP contribution in [0.25, 0.3) is 0 Å². The molecule has 0 radical (unpaired) electrons. The smallest absolute Gasteiger partial charge is 0.303 e. The van der Waals surface area contributed by atoms with Crippen LogP contribution in [0.1, 0.15) is 47.0 Å². The fraction of sp³-hybridized carbons (Fsp3) is 0.688. The number of ether oxygens (including phenoxy) is 1. The standard InChI is InChI=1S/C16H23ClO2/c1-13(18)19-14(7-5-10-17)11-16(4)9-6-8-15(2,3)12-16/h6,9,14H,8,10-12H2,1-4H3. The van der Waals surface area contributed by atoms with Crippen LogP contribution in [0.4, 0.5) is 0 Å². The van der Waals surface area contributed by atoms with Crippen molar-refractivity contribution in [2.45, 2.75) is 53.1 Å². The minimum absolute atomic E-state index is 0.0167. The molecular weight excluding hydrogens is 260 g/mol. The molecule has 19 heavy (non-hydrogen) atoms. The Morgan fingerprint density at radius 1 is 1.47 bits per heavy atom. The number of esters is 1. The molecule has 0 spiro atoms. The number of hydrogen-bond donors (Lipinski definition) is 0. The van der Waals surface area contributed by atoms with Crippen LogP contribution in [0, 0.1) is 22.7 Å². The Morgan fingerprint density at radius 2 is 2.16 bits per heavy atom. The van der Waals surface area contributed by atoms with E-state index >= 15 is 0 Å². The maximum Gasteiger partial charge on any atom is 0.303 e. The van der Waals surface area contributed by atoms with Gasteiger partial charge < -0.3 is 4.74 Å². The summed E-state index contributed by atoms with van der Waals surface area (Å²) in [5, 5.41) is 0. The van der Waals surface area contributed by atoms with Gasteiger partial charge in [0.05, 0.1) is 5.88 Å². The Kier molecular flexibility index (Phi) is 5.50. The molecule has 1 aliphatic rings. The van der Waals surface area contributed by atoms with Crippen molar-refractivity contribution in [2.75, 3.05) is 5.88 Å². The van der Waals surface area contributed by atoms with Crippen LogP contribution >= 0.6 is 11.6 Å². The molecule has 1 rings (SSSR count). The molecule has 3 heteroatoms. The Balaban J connectivity index is 2.80. The first-order chi connectivity index (χ1) is 8.76. The van der Waals surface area contributed by atoms with E-state index in [1.807, 2.05) is 0 Å². The number of carbonyl (C=O) groups is 1. The van der Waals surface area contributed by atoms with Crippen molar-refractivity contribution in [3.05, 3.63) is 12.2 Å². The summed E-state index contributed by atoms with van der Waals surface area (Å²) in [7, 11) is 0. The van der Waals surface area contributed by atoms with Crippen molar-refractivity contribution < 1.29 is 9.53 Å². The van der Waals surface area contributed by atoms with Gasteiger partial charge in [-0.1, -0.05) is 44.8 Å². The number of halogens is 1. The van der Waals surface area contributed by atoms with Crippen molar-refractivity contribution in [3.8, 4) is 11.8 Å². The molecule has 0 heterocycles. The van der Waals surface area contributed by atoms with E-state index in [1.165, 1.54) is 6.92 Å². The van der Waals surface area contributed by atoms with E-state index in [-0.39, 0.29) is 28.8 Å². The molecule has 106 valence electrons. The Morgan fingerprint density at radius 3 is 2.68 bits per heavy atom. The lowest BCUT2D eigenvalue weighted by atomic mass is 9.66. The van der Waals surface area contributed by atoms with Crippen LogP contribution in [-0.4, -0.2) is 18.0 Å². The van der Waals surface area contributed by atoms with Gasteiger partial charge in [0.15, 0.2) is 6.10 Å². The van der Waals surface area contributed by atoms with Gasteiger partial charge in [0.25, 0.3) is 0 Å². The summed E-state index contributed by atoms with van der Waals surface area (Å²) in [5.41, 5.74) is 0.299. The van der Waals surface area contributed by atoms with Gasteiger partial charge in [0.1, 0.15) is 0 Å². The molecule has 0 aliphatic heterocycles. The number of hydrogen-bond acceptors (Lipinski definition) is 2. The second-order valence-electron chi connectivity index (χ2n) is 6.36. The first-order valence-corrected chi connectivity index (χ1v) is 7.19. The topological polar surface area (TPSA) is 26.3 Å². The maximum absolute atomic E-state index is 11.1. The van der Waals surface area contributed by atoms with Gasteiger partial charge in [-0.2, -0.15) is 0 Å². The number of alkyl halides is 1. The second-order valence-corrected chi connectivity index (χ2v) is 6.63. The molecule has 0 bridgehead atoms. The van der Waals surface area contributed by atoms with Gasteiger partial charge in [0.2, 0.25) is 0 Å². The first-order valence-electron chi connectivity index (χ1n) is 6.66. The van der Waals surface area contributed by atoms with Crippen molar-refractivity contribution in [2.24, 2.45) is 10.8 Å². The quantitative estimate of drug-likeness (QED) is 0.339. The molecule has 0 saturated heterocycles. The number of carbonyl (C=O) groups excluding carboxylic acids is 1. The molecule has 0 N–H and O–H groups in total. The second kappa shape index (κ2) is 6.48. The molecule has 0 saturated carbocycles. The summed E-state index contributed by atoms with van der Waals surface area (Å²) in [6.45, 7) is 8.14. The third-order valence-electron chi connectivity index (χ3n) is 3.36. The monoisotopic (exact) mass is 282 g/mol. The van der Waals surface area contributed by atoms with E-state index in [0.29, 0.717) is 0 Å². The zero-order chi connectivity index (χ0) is 14.5. The van der Waals surface area contributed by atoms with Crippen LogP contribution in [0.2, 0.25) is 0 Å². The summed E-state index contributed by atoms with van der Waals surface area (Å²) in [6, 6.07) is 0. The molecule has 2 atom stereocenters. The molecule has 0 amide bonds. The Bertz CT molecular complexity index is 414. The minimum Gasteiger partial charge on any atom is -0.449 e. The van der Waals surface area contributed by atoms with E-state index in [0.717, 1.165) is 19.3 Å². The summed E-state index contributed by atoms with van der Waals surface area (Å²) >= 11 is 5.58. The average Bonchev–Trinajstić information content (AvgIpc) is 2.22. The molecule has 1 aliphatic carbocycles. The highest BCUT2D eigenvalue weighted by Gasteiger charge is 2.35. The normalized spacial score (nSPS) is 26.2. The predicted molar refractivity (Wildman–Crippen MR) is 78.9 cm³/mol. The third kappa shape index (κ3) is 5.70. The van der Waals surface area contributed by atoms with Crippen molar-refractivity contribution in [1.29, 1.82) is 0 Å². The van der Waals surface area contributed by atoms with Gasteiger partial charge in [0, 0.05) is 13.3 Å². The molecule has 2 unspecified atom stereocenters. The molecule has 0 fully saturated rings. The molecule has 0 aromatic heterocycles. The Hall–Kier alpha value is -0.940. The number of allylic oxidation sites excluding steroid dienone is 2. The first kappa shape index (κ1) is 16.1. The summed E-state index contributed by atoms with van der Waals surface area (Å²) in [6.07, 6.45) is 6.96. The minimum atomic E-state index is -0.375. The van der Waals surface area contributed by atoms with Crippen LogP contribution in [0.5, 0.6) is 0 Å². The molecule has 2 nitrogen and oxygen atoms in total. The van der Waals surface area contributed by atoms with Crippen LogP contribution in [0.3, 0.4) is 0 Å². The van der Waals surface area contributed by atoms with Gasteiger partial charge in [-0.3, -0.25) is 4.79 Å². The van der Waals surface area contributed by atoms with Crippen LogP contribution in [0.15, 0.2) is 12.2 Å². The summed E-state index contributed by atoms with van der Waals surface area (Å²) < 4.78 is 5.28. The van der Waals surface area contributed by atoms with E-state index in [1.54, 1.807) is 0 Å². The predicted octanol–water partition coefficient (Wildman–Crippen LogP) is 3.93. The van der Waals surface area contributed by atoms with E-state index in [9.17, 15) is 4.79 Å². The summed E-state index contributed by atoms with van der Waals surface area (Å²) in [4.78, 5) is 11.1. The van der Waals surface area contributed by atoms with Crippen molar-refractivity contribution in [1.82, 2.24) is 0 Å². The van der Waals surface area contributed by atoms with Crippen molar-refractivity contribution >= 4 is 17.6 Å². The van der Waals surface area contributed by atoms with E-state index in [2.05, 4.69) is 44.8 Å². The zero-order valence-corrected chi connectivity index (χ0v) is 13.0. The zero-order valence-electron chi connectivity index (χ0n) is 12.3. The summed E-state index contributed by atoms with van der Waals surface area (Å²) in [5.74, 6) is 5.70. The molecule has 0 aromatic rings. The largest absolute Gasteiger partial charge is 0.449 e. The maximum atomic E-state index is 11.1. The fourth-order valence-electron chi connectivity index (χ4n) is 2.93. The van der Waals surface area contributed by atoms with Gasteiger partial charge in [-0.15, -0.1) is 11.6 Å². The Labute approximate surface area is 121 Å². The lowest BCUT2D eigenvalue weighted by Crippen LogP contribution is -2.31. The van der Waals surface area contributed by atoms with Gasteiger partial charge in [-0.05, 0) is 23.7 Å². The lowest BCUT2D eigenvalue weighted by Gasteiger charge is -2.39. The van der Waals surface area contributed by atoms with Gasteiger partial charge in [-0.25, -0.2) is 0 Å². The molecule has 0 aromatic carbocycles. The van der Waals surface area contributed by atoms with Crippen molar-refractivity contribution in [3.63, 3.8) is 0 Å². The van der Waals surface area contributed by atoms with E-state index in [4.69, 9.17) is 16.3 Å². The third-order valence-corrected chi connectivity index (χ3v) is 3.50. The van der Waals surface area contributed by atoms with Crippen LogP contribution in [-0.2, 0) is 9.53 Å². The van der Waals surface area contributed by atoms with E-state index < -0.39 is 0 Å².